The number of likely N-dealkylation sites (tertiary alicyclic amines) is 1. The molecule has 0 aliphatic carbocycles. The van der Waals surface area contributed by atoms with Crippen LogP contribution in [0.15, 0.2) is 25.3 Å². The fraction of sp³-hybridized carbons (Fsp3) is 0.774. The van der Waals surface area contributed by atoms with Crippen LogP contribution in [0.2, 0.25) is 0 Å². The van der Waals surface area contributed by atoms with Crippen LogP contribution in [0.1, 0.15) is 91.9 Å². The van der Waals surface area contributed by atoms with Crippen molar-refractivity contribution in [2.75, 3.05) is 26.3 Å². The number of unbranched alkanes of at least 4 members (excludes halogenated alkanes) is 5. The second-order valence-corrected chi connectivity index (χ2v) is 12.4. The number of amides is 2. The minimum absolute atomic E-state index is 0.140. The Balaban J connectivity index is 1.96. The molecular formula is C31H50N2O6. The molecule has 3 aliphatic heterocycles. The van der Waals surface area contributed by atoms with Crippen LogP contribution < -0.4 is 0 Å². The lowest BCUT2D eigenvalue weighted by atomic mass is 9.65. The summed E-state index contributed by atoms with van der Waals surface area (Å²) in [5.41, 5.74) is -2.33. The standard InChI is InChI=1S/C31H50N2O6/c1-7-10-11-16-22-38-28(37)24-23-26(35)32(20-14-12-13-15-21-34)25(27(36)33(19-8-2)29(4,5)6)31(23)18-17-30(24,9-3)39-31/h7-8,23-25,34H,1-2,9-22H2,3-6H3/t23-,24+,25?,30-,31?/m0/s1. The van der Waals surface area contributed by atoms with E-state index in [1.807, 2.05) is 33.8 Å². The fourth-order valence-corrected chi connectivity index (χ4v) is 6.97. The van der Waals surface area contributed by atoms with Crippen LogP contribution in [0.5, 0.6) is 0 Å². The predicted octanol–water partition coefficient (Wildman–Crippen LogP) is 4.41. The second-order valence-electron chi connectivity index (χ2n) is 12.4. The largest absolute Gasteiger partial charge is 0.465 e. The Kier molecular flexibility index (Phi) is 10.4. The van der Waals surface area contributed by atoms with Gasteiger partial charge in [0.05, 0.1) is 18.1 Å². The monoisotopic (exact) mass is 546 g/mol. The van der Waals surface area contributed by atoms with Gasteiger partial charge in [0.1, 0.15) is 17.6 Å². The fourth-order valence-electron chi connectivity index (χ4n) is 6.97. The molecular weight excluding hydrogens is 496 g/mol. The van der Waals surface area contributed by atoms with Gasteiger partial charge in [-0.05, 0) is 72.1 Å². The van der Waals surface area contributed by atoms with Crippen molar-refractivity contribution in [3.63, 3.8) is 0 Å². The molecule has 2 unspecified atom stereocenters. The number of ether oxygens (including phenoxy) is 2. The Hall–Kier alpha value is -2.19. The maximum absolute atomic E-state index is 14.4. The molecule has 3 heterocycles. The number of hydrogen-bond donors (Lipinski definition) is 1. The van der Waals surface area contributed by atoms with Gasteiger partial charge >= 0.3 is 5.97 Å². The summed E-state index contributed by atoms with van der Waals surface area (Å²) in [6, 6.07) is -0.800. The topological polar surface area (TPSA) is 96.4 Å². The Labute approximate surface area is 234 Å². The molecule has 1 spiro atoms. The number of fused-ring (bicyclic) bond motifs is 1. The molecule has 39 heavy (non-hydrogen) atoms. The number of allylic oxidation sites excluding steroid dienone is 1. The molecule has 3 rings (SSSR count). The van der Waals surface area contributed by atoms with Gasteiger partial charge in [0.25, 0.3) is 0 Å². The number of carbonyl (C=O) groups is 3. The first-order valence-electron chi connectivity index (χ1n) is 14.9. The molecule has 220 valence electrons. The molecule has 3 saturated heterocycles. The van der Waals surface area contributed by atoms with Gasteiger partial charge in [0, 0.05) is 25.2 Å². The maximum atomic E-state index is 14.4. The summed E-state index contributed by atoms with van der Waals surface area (Å²) in [7, 11) is 0. The van der Waals surface area contributed by atoms with Crippen LogP contribution in [0, 0.1) is 11.8 Å². The smallest absolute Gasteiger partial charge is 0.312 e. The van der Waals surface area contributed by atoms with E-state index in [-0.39, 0.29) is 24.4 Å². The molecule has 0 radical (unpaired) electrons. The summed E-state index contributed by atoms with van der Waals surface area (Å²) in [5, 5.41) is 9.15. The lowest BCUT2D eigenvalue weighted by Crippen LogP contribution is -2.60. The molecule has 3 aliphatic rings. The molecule has 5 atom stereocenters. The van der Waals surface area contributed by atoms with Crippen LogP contribution in [0.3, 0.4) is 0 Å². The minimum atomic E-state index is -1.05. The van der Waals surface area contributed by atoms with Gasteiger partial charge in [-0.1, -0.05) is 31.9 Å². The molecule has 1 N–H and O–H groups in total. The first-order valence-corrected chi connectivity index (χ1v) is 14.9. The van der Waals surface area contributed by atoms with Crippen LogP contribution in [-0.2, 0) is 23.9 Å². The SMILES string of the molecule is C=CCCCCOC(=O)[C@H]1[C@H]2C(=O)N(CCCCCCO)C(C(=O)N(CC=C)C(C)(C)C)C23CC[C@]1(CC)O3. The molecule has 0 aromatic heterocycles. The lowest BCUT2D eigenvalue weighted by molar-refractivity contribution is -0.162. The predicted molar refractivity (Wildman–Crippen MR) is 151 cm³/mol. The van der Waals surface area contributed by atoms with Crippen molar-refractivity contribution in [2.45, 2.75) is 115 Å². The molecule has 0 saturated carbocycles. The normalized spacial score (nSPS) is 29.4. The summed E-state index contributed by atoms with van der Waals surface area (Å²) in [6.45, 7) is 16.7. The second kappa shape index (κ2) is 13.0. The van der Waals surface area contributed by atoms with Crippen molar-refractivity contribution >= 4 is 17.8 Å². The van der Waals surface area contributed by atoms with Crippen molar-refractivity contribution in [3.05, 3.63) is 25.3 Å². The Morgan fingerprint density at radius 2 is 1.85 bits per heavy atom. The van der Waals surface area contributed by atoms with Crippen LogP contribution in [0.25, 0.3) is 0 Å². The van der Waals surface area contributed by atoms with E-state index in [9.17, 15) is 14.4 Å². The first kappa shape index (κ1) is 31.3. The quantitative estimate of drug-likeness (QED) is 0.175. The van der Waals surface area contributed by atoms with E-state index < -0.39 is 34.6 Å². The van der Waals surface area contributed by atoms with Gasteiger partial charge in [0.2, 0.25) is 11.8 Å². The number of hydrogen-bond acceptors (Lipinski definition) is 6. The first-order chi connectivity index (χ1) is 18.5. The zero-order valence-electron chi connectivity index (χ0n) is 24.6. The molecule has 8 nitrogen and oxygen atoms in total. The summed E-state index contributed by atoms with van der Waals surface area (Å²) < 4.78 is 12.6. The van der Waals surface area contributed by atoms with Gasteiger partial charge in [-0.15, -0.1) is 13.2 Å². The number of carbonyl (C=O) groups excluding carboxylic acids is 3. The Bertz CT molecular complexity index is 913. The minimum Gasteiger partial charge on any atom is -0.465 e. The third-order valence-electron chi connectivity index (χ3n) is 8.91. The van der Waals surface area contributed by atoms with Crippen molar-refractivity contribution in [1.29, 1.82) is 0 Å². The number of aliphatic hydroxyl groups excluding tert-OH is 1. The Morgan fingerprint density at radius 1 is 1.13 bits per heavy atom. The van der Waals surface area contributed by atoms with Crippen LogP contribution in [-0.4, -0.2) is 81.8 Å². The lowest BCUT2D eigenvalue weighted by Gasteiger charge is -2.42. The highest BCUT2D eigenvalue weighted by Crippen LogP contribution is 2.64. The zero-order valence-corrected chi connectivity index (χ0v) is 24.6. The van der Waals surface area contributed by atoms with E-state index in [1.165, 1.54) is 0 Å². The average Bonchev–Trinajstić information content (AvgIpc) is 3.49. The van der Waals surface area contributed by atoms with Crippen LogP contribution in [0.4, 0.5) is 0 Å². The van der Waals surface area contributed by atoms with E-state index in [0.29, 0.717) is 51.8 Å². The zero-order chi connectivity index (χ0) is 28.8. The number of nitrogens with zero attached hydrogens (tertiary/aromatic N) is 2. The van der Waals surface area contributed by atoms with Gasteiger partial charge in [0.15, 0.2) is 0 Å². The van der Waals surface area contributed by atoms with Crippen LogP contribution >= 0.6 is 0 Å². The van der Waals surface area contributed by atoms with Crippen molar-refractivity contribution in [1.82, 2.24) is 9.80 Å². The van der Waals surface area contributed by atoms with Gasteiger partial charge in [-0.3, -0.25) is 14.4 Å². The summed E-state index contributed by atoms with van der Waals surface area (Å²) in [5.74, 6) is -2.17. The summed E-state index contributed by atoms with van der Waals surface area (Å²) in [6.07, 6.45) is 10.9. The van der Waals surface area contributed by atoms with Crippen molar-refractivity contribution in [3.8, 4) is 0 Å². The van der Waals surface area contributed by atoms with Gasteiger partial charge in [-0.25, -0.2) is 0 Å². The van der Waals surface area contributed by atoms with E-state index in [2.05, 4.69) is 13.2 Å². The summed E-state index contributed by atoms with van der Waals surface area (Å²) in [4.78, 5) is 45.7. The highest BCUT2D eigenvalue weighted by atomic mass is 16.6. The highest BCUT2D eigenvalue weighted by Gasteiger charge is 2.79. The number of rotatable bonds is 16. The molecule has 8 heteroatoms. The highest BCUT2D eigenvalue weighted by molar-refractivity contribution is 5.98. The molecule has 2 amide bonds. The third-order valence-corrected chi connectivity index (χ3v) is 8.91. The average molecular weight is 547 g/mol. The molecule has 0 aromatic carbocycles. The number of aliphatic hydroxyl groups is 1. The number of esters is 1. The summed E-state index contributed by atoms with van der Waals surface area (Å²) >= 11 is 0. The molecule has 3 fully saturated rings. The van der Waals surface area contributed by atoms with Crippen molar-refractivity contribution in [2.24, 2.45) is 11.8 Å². The van der Waals surface area contributed by atoms with E-state index >= 15 is 0 Å². The maximum Gasteiger partial charge on any atom is 0.312 e. The van der Waals surface area contributed by atoms with Crippen molar-refractivity contribution < 1.29 is 29.0 Å². The van der Waals surface area contributed by atoms with E-state index in [4.69, 9.17) is 14.6 Å². The Morgan fingerprint density at radius 3 is 2.46 bits per heavy atom. The van der Waals surface area contributed by atoms with Gasteiger partial charge in [-0.2, -0.15) is 0 Å². The molecule has 0 aromatic rings. The van der Waals surface area contributed by atoms with E-state index in [0.717, 1.165) is 32.1 Å². The van der Waals surface area contributed by atoms with Gasteiger partial charge < -0.3 is 24.4 Å². The van der Waals surface area contributed by atoms with E-state index in [1.54, 1.807) is 15.9 Å². The third kappa shape index (κ3) is 5.97. The molecule has 2 bridgehead atoms.